The second-order valence-corrected chi connectivity index (χ2v) is 5.13. The SMILES string of the molecule is CC(NCc1cccc(F)c1Cl)C(=O)N1CCOCC1. The summed E-state index contributed by atoms with van der Waals surface area (Å²) in [5.41, 5.74) is 0.647. The van der Waals surface area contributed by atoms with Gasteiger partial charge in [-0.15, -0.1) is 0 Å². The van der Waals surface area contributed by atoms with Crippen LogP contribution in [0.5, 0.6) is 0 Å². The molecule has 1 fully saturated rings. The predicted molar refractivity (Wildman–Crippen MR) is 75.1 cm³/mol. The smallest absolute Gasteiger partial charge is 0.239 e. The first-order chi connectivity index (χ1) is 9.59. The van der Waals surface area contributed by atoms with E-state index in [-0.39, 0.29) is 17.0 Å². The Bertz CT molecular complexity index is 478. The second-order valence-electron chi connectivity index (χ2n) is 4.75. The molecule has 0 radical (unpaired) electrons. The minimum absolute atomic E-state index is 0.0285. The number of nitrogens with one attached hydrogen (secondary N) is 1. The predicted octanol–water partition coefficient (Wildman–Crippen LogP) is 1.82. The lowest BCUT2D eigenvalue weighted by atomic mass is 10.2. The Kier molecular flexibility index (Phi) is 5.34. The standard InChI is InChI=1S/C14H18ClFN2O2/c1-10(14(19)18-5-7-20-8-6-18)17-9-11-3-2-4-12(16)13(11)15/h2-4,10,17H,5-9H2,1H3. The first kappa shape index (κ1) is 15.2. The highest BCUT2D eigenvalue weighted by molar-refractivity contribution is 6.31. The molecule has 1 aromatic carbocycles. The van der Waals surface area contributed by atoms with Crippen LogP contribution in [0.2, 0.25) is 5.02 Å². The van der Waals surface area contributed by atoms with Gasteiger partial charge < -0.3 is 15.0 Å². The maximum Gasteiger partial charge on any atom is 0.239 e. The van der Waals surface area contributed by atoms with E-state index in [1.807, 2.05) is 0 Å². The average molecular weight is 301 g/mol. The van der Waals surface area contributed by atoms with E-state index in [2.05, 4.69) is 5.32 Å². The third kappa shape index (κ3) is 3.69. The molecule has 1 aliphatic rings. The number of benzene rings is 1. The van der Waals surface area contributed by atoms with Gasteiger partial charge in [0.1, 0.15) is 5.82 Å². The fraction of sp³-hybridized carbons (Fsp3) is 0.500. The highest BCUT2D eigenvalue weighted by Gasteiger charge is 2.22. The van der Waals surface area contributed by atoms with Crippen LogP contribution < -0.4 is 5.32 Å². The molecule has 1 heterocycles. The quantitative estimate of drug-likeness (QED) is 0.922. The molecule has 0 aromatic heterocycles. The fourth-order valence-electron chi connectivity index (χ4n) is 2.09. The van der Waals surface area contributed by atoms with Crippen LogP contribution in [0.3, 0.4) is 0 Å². The lowest BCUT2D eigenvalue weighted by Gasteiger charge is -2.29. The van der Waals surface area contributed by atoms with E-state index < -0.39 is 5.82 Å². The minimum atomic E-state index is -0.446. The highest BCUT2D eigenvalue weighted by atomic mass is 35.5. The van der Waals surface area contributed by atoms with Gasteiger partial charge in [-0.1, -0.05) is 23.7 Å². The van der Waals surface area contributed by atoms with Crippen molar-refractivity contribution in [2.24, 2.45) is 0 Å². The Morgan fingerprint density at radius 3 is 2.90 bits per heavy atom. The maximum atomic E-state index is 13.3. The molecule has 1 atom stereocenters. The van der Waals surface area contributed by atoms with Crippen molar-refractivity contribution in [1.82, 2.24) is 10.2 Å². The van der Waals surface area contributed by atoms with E-state index in [0.717, 1.165) is 0 Å². The van der Waals surface area contributed by atoms with Gasteiger partial charge in [-0.3, -0.25) is 4.79 Å². The van der Waals surface area contributed by atoms with E-state index in [4.69, 9.17) is 16.3 Å². The summed E-state index contributed by atoms with van der Waals surface area (Å²) in [5.74, 6) is -0.418. The molecule has 0 bridgehead atoms. The van der Waals surface area contributed by atoms with Crippen molar-refractivity contribution in [3.05, 3.63) is 34.6 Å². The molecule has 1 aromatic rings. The highest BCUT2D eigenvalue weighted by Crippen LogP contribution is 2.19. The van der Waals surface area contributed by atoms with Crippen LogP contribution in [0.15, 0.2) is 18.2 Å². The molecule has 1 unspecified atom stereocenters. The number of hydrogen-bond acceptors (Lipinski definition) is 3. The zero-order valence-corrected chi connectivity index (χ0v) is 12.1. The van der Waals surface area contributed by atoms with Gasteiger partial charge in [0.2, 0.25) is 5.91 Å². The van der Waals surface area contributed by atoms with Crippen LogP contribution in [0, 0.1) is 5.82 Å². The summed E-state index contributed by atoms with van der Waals surface area (Å²) in [6.45, 7) is 4.54. The summed E-state index contributed by atoms with van der Waals surface area (Å²) in [4.78, 5) is 13.9. The maximum absolute atomic E-state index is 13.3. The van der Waals surface area contributed by atoms with Gasteiger partial charge in [0, 0.05) is 19.6 Å². The zero-order chi connectivity index (χ0) is 14.5. The van der Waals surface area contributed by atoms with Crippen molar-refractivity contribution in [2.75, 3.05) is 26.3 Å². The Morgan fingerprint density at radius 2 is 2.20 bits per heavy atom. The summed E-state index contributed by atoms with van der Waals surface area (Å²) < 4.78 is 18.5. The molecule has 1 aliphatic heterocycles. The van der Waals surface area contributed by atoms with E-state index in [1.54, 1.807) is 24.0 Å². The summed E-state index contributed by atoms with van der Waals surface area (Å²) in [5, 5.41) is 3.18. The molecule has 1 amide bonds. The fourth-order valence-corrected chi connectivity index (χ4v) is 2.29. The van der Waals surface area contributed by atoms with E-state index in [0.29, 0.717) is 38.4 Å². The van der Waals surface area contributed by atoms with Crippen LogP contribution >= 0.6 is 11.6 Å². The number of nitrogens with zero attached hydrogens (tertiary/aromatic N) is 1. The Balaban J connectivity index is 1.89. The number of morpholine rings is 1. The van der Waals surface area contributed by atoms with Crippen molar-refractivity contribution in [3.8, 4) is 0 Å². The molecular weight excluding hydrogens is 283 g/mol. The number of carbonyl (C=O) groups excluding carboxylic acids is 1. The number of halogens is 2. The molecule has 0 saturated carbocycles. The molecular formula is C14H18ClFN2O2. The number of hydrogen-bond donors (Lipinski definition) is 1. The molecule has 6 heteroatoms. The minimum Gasteiger partial charge on any atom is -0.378 e. The molecule has 0 spiro atoms. The number of rotatable bonds is 4. The van der Waals surface area contributed by atoms with Crippen LogP contribution in [-0.4, -0.2) is 43.2 Å². The lowest BCUT2D eigenvalue weighted by Crippen LogP contribution is -2.49. The molecule has 2 rings (SSSR count). The van der Waals surface area contributed by atoms with Crippen LogP contribution in [0.25, 0.3) is 0 Å². The molecule has 1 saturated heterocycles. The number of ether oxygens (including phenoxy) is 1. The van der Waals surface area contributed by atoms with E-state index in [1.165, 1.54) is 6.07 Å². The van der Waals surface area contributed by atoms with Gasteiger partial charge in [0.15, 0.2) is 0 Å². The van der Waals surface area contributed by atoms with Crippen molar-refractivity contribution in [1.29, 1.82) is 0 Å². The van der Waals surface area contributed by atoms with Crippen molar-refractivity contribution in [3.63, 3.8) is 0 Å². The summed E-state index contributed by atoms with van der Waals surface area (Å²) in [6, 6.07) is 4.32. The Hall–Kier alpha value is -1.17. The normalized spacial score (nSPS) is 17.1. The number of carbonyl (C=O) groups is 1. The van der Waals surface area contributed by atoms with Crippen molar-refractivity contribution in [2.45, 2.75) is 19.5 Å². The van der Waals surface area contributed by atoms with Gasteiger partial charge in [-0.2, -0.15) is 0 Å². The number of amides is 1. The van der Waals surface area contributed by atoms with Crippen molar-refractivity contribution < 1.29 is 13.9 Å². The van der Waals surface area contributed by atoms with Crippen molar-refractivity contribution >= 4 is 17.5 Å². The third-order valence-electron chi connectivity index (χ3n) is 3.32. The first-order valence-corrected chi connectivity index (χ1v) is 7.00. The van der Waals surface area contributed by atoms with Gasteiger partial charge in [-0.05, 0) is 18.6 Å². The van der Waals surface area contributed by atoms with Crippen LogP contribution in [-0.2, 0) is 16.1 Å². The van der Waals surface area contributed by atoms with E-state index in [9.17, 15) is 9.18 Å². The van der Waals surface area contributed by atoms with Crippen LogP contribution in [0.4, 0.5) is 4.39 Å². The summed E-state index contributed by atoms with van der Waals surface area (Å²) in [7, 11) is 0. The van der Waals surface area contributed by atoms with E-state index >= 15 is 0 Å². The third-order valence-corrected chi connectivity index (χ3v) is 3.75. The van der Waals surface area contributed by atoms with Gasteiger partial charge in [-0.25, -0.2) is 4.39 Å². The zero-order valence-electron chi connectivity index (χ0n) is 11.4. The Labute approximate surface area is 122 Å². The van der Waals surface area contributed by atoms with Gasteiger partial charge >= 0.3 is 0 Å². The first-order valence-electron chi connectivity index (χ1n) is 6.62. The average Bonchev–Trinajstić information content (AvgIpc) is 2.48. The van der Waals surface area contributed by atoms with Gasteiger partial charge in [0.25, 0.3) is 0 Å². The molecule has 110 valence electrons. The topological polar surface area (TPSA) is 41.6 Å². The van der Waals surface area contributed by atoms with Crippen LogP contribution in [0.1, 0.15) is 12.5 Å². The molecule has 20 heavy (non-hydrogen) atoms. The summed E-state index contributed by atoms with van der Waals surface area (Å²) in [6.07, 6.45) is 0. The molecule has 1 N–H and O–H groups in total. The summed E-state index contributed by atoms with van der Waals surface area (Å²) >= 11 is 5.88. The lowest BCUT2D eigenvalue weighted by molar-refractivity contribution is -0.137. The molecule has 0 aliphatic carbocycles. The molecule has 4 nitrogen and oxygen atoms in total. The second kappa shape index (κ2) is 7.02. The Morgan fingerprint density at radius 1 is 1.50 bits per heavy atom. The van der Waals surface area contributed by atoms with Gasteiger partial charge in [0.05, 0.1) is 24.3 Å². The largest absolute Gasteiger partial charge is 0.378 e. The monoisotopic (exact) mass is 300 g/mol.